The molecule has 1 amide bonds. The number of hydrogen-bond acceptors (Lipinski definition) is 12. The molecule has 2 aliphatic heterocycles. The second kappa shape index (κ2) is 21.1. The summed E-state index contributed by atoms with van der Waals surface area (Å²) >= 11 is 7.77. The fourth-order valence-corrected chi connectivity index (χ4v) is 9.83. The van der Waals surface area contributed by atoms with Gasteiger partial charge in [-0.05, 0) is 83.8 Å². The summed E-state index contributed by atoms with van der Waals surface area (Å²) in [5.41, 5.74) is 5.45. The van der Waals surface area contributed by atoms with Crippen molar-refractivity contribution in [1.82, 2.24) is 14.5 Å². The van der Waals surface area contributed by atoms with Gasteiger partial charge in [0.05, 0.1) is 15.5 Å². The quantitative estimate of drug-likeness (QED) is 0.0526. The third kappa shape index (κ3) is 11.9. The number of nitro groups is 1. The number of halogens is 1. The Bertz CT molecular complexity index is 2440. The Morgan fingerprint density at radius 3 is 2.26 bits per heavy atom. The Balaban J connectivity index is 0.957. The summed E-state index contributed by atoms with van der Waals surface area (Å²) in [5.74, 6) is -0.209. The van der Waals surface area contributed by atoms with Gasteiger partial charge in [0.2, 0.25) is 0 Å². The number of hydrogen-bond donors (Lipinski definition) is 2. The first-order chi connectivity index (χ1) is 30.0. The molecule has 0 aliphatic carbocycles. The standard InChI is InChI=1S/C46H50ClN7O6S2/c1-60-49-38-21-24-51(25-22-38)26-23-39(33-61-41-8-3-2-4-9-41)48-44-20-19-42(31-45(44)54(56)57)62(58,59)50-46(55)35-13-17-40(18-14-35)53-29-27-52(28-30-53)32-36-7-5-6-10-43(36)34-11-15-37(47)16-12-34/h2-20,31,39,48H,21-30,32-33H2,1H3,(H,50,55)/t39-/m1/s1. The van der Waals surface area contributed by atoms with Crippen molar-refractivity contribution < 1.29 is 23.0 Å². The molecule has 2 fully saturated rings. The lowest BCUT2D eigenvalue weighted by molar-refractivity contribution is -0.384. The fourth-order valence-electron chi connectivity index (χ4n) is 7.71. The summed E-state index contributed by atoms with van der Waals surface area (Å²) in [6.45, 7) is 6.49. The Labute approximate surface area is 372 Å². The number of benzene rings is 5. The lowest BCUT2D eigenvalue weighted by Crippen LogP contribution is -2.46. The number of nitrogens with zero attached hydrogens (tertiary/aromatic N) is 5. The van der Waals surface area contributed by atoms with Gasteiger partial charge in [0.15, 0.2) is 0 Å². The Kier molecular flexibility index (Phi) is 15.2. The Morgan fingerprint density at radius 1 is 0.871 bits per heavy atom. The molecule has 0 unspecified atom stereocenters. The second-order valence-corrected chi connectivity index (χ2v) is 18.5. The molecular weight excluding hydrogens is 846 g/mol. The minimum Gasteiger partial charge on any atom is -0.399 e. The van der Waals surface area contributed by atoms with E-state index in [0.29, 0.717) is 17.2 Å². The molecule has 2 N–H and O–H groups in total. The van der Waals surface area contributed by atoms with Crippen LogP contribution in [-0.2, 0) is 21.4 Å². The summed E-state index contributed by atoms with van der Waals surface area (Å²) in [4.78, 5) is 37.7. The molecule has 2 aliphatic rings. The smallest absolute Gasteiger partial charge is 0.293 e. The second-order valence-electron chi connectivity index (χ2n) is 15.3. The van der Waals surface area contributed by atoms with E-state index in [0.717, 1.165) is 93.1 Å². The topological polar surface area (TPSA) is 150 Å². The van der Waals surface area contributed by atoms with Gasteiger partial charge in [0.25, 0.3) is 21.6 Å². The average Bonchev–Trinajstić information content (AvgIpc) is 3.29. The number of nitrogens with one attached hydrogen (secondary N) is 2. The summed E-state index contributed by atoms with van der Waals surface area (Å²) in [6, 6.07) is 36.5. The third-order valence-corrected chi connectivity index (χ3v) is 13.9. The first kappa shape index (κ1) is 44.6. The van der Waals surface area contributed by atoms with Crippen LogP contribution < -0.4 is 14.9 Å². The van der Waals surface area contributed by atoms with E-state index in [9.17, 15) is 23.3 Å². The normalized spacial score (nSPS) is 15.5. The molecule has 7 rings (SSSR count). The average molecular weight is 897 g/mol. The van der Waals surface area contributed by atoms with Gasteiger partial charge in [0, 0.05) is 104 Å². The number of sulfonamides is 1. The molecule has 16 heteroatoms. The van der Waals surface area contributed by atoms with Crippen LogP contribution in [0, 0.1) is 10.1 Å². The number of thioether (sulfide) groups is 1. The fraction of sp³-hybridized carbons (Fsp3) is 0.304. The van der Waals surface area contributed by atoms with E-state index in [2.05, 4.69) is 48.1 Å². The van der Waals surface area contributed by atoms with E-state index in [1.54, 1.807) is 31.0 Å². The SMILES string of the molecule is CON=C1CCN(CC[C@H](CSc2ccccc2)Nc2ccc(S(=O)(=O)NC(=O)c3ccc(N4CCN(Cc5ccccc5-c5ccc(Cl)cc5)CC4)cc3)cc2[N+](=O)[O-])CC1. The van der Waals surface area contributed by atoms with Gasteiger partial charge in [-0.1, -0.05) is 71.4 Å². The van der Waals surface area contributed by atoms with Gasteiger partial charge in [0.1, 0.15) is 12.8 Å². The van der Waals surface area contributed by atoms with Crippen molar-refractivity contribution in [3.63, 3.8) is 0 Å². The van der Waals surface area contributed by atoms with Crippen LogP contribution in [0.3, 0.4) is 0 Å². The number of likely N-dealkylation sites (tertiary alicyclic amines) is 1. The number of piperidine rings is 1. The lowest BCUT2D eigenvalue weighted by Gasteiger charge is -2.36. The molecule has 0 spiro atoms. The number of carbonyl (C=O) groups is 1. The van der Waals surface area contributed by atoms with Crippen molar-refractivity contribution in [2.75, 3.05) is 68.9 Å². The van der Waals surface area contributed by atoms with Crippen molar-refractivity contribution >= 4 is 62.1 Å². The van der Waals surface area contributed by atoms with Crippen molar-refractivity contribution in [2.45, 2.75) is 41.6 Å². The summed E-state index contributed by atoms with van der Waals surface area (Å²) in [7, 11) is -2.91. The predicted octanol–water partition coefficient (Wildman–Crippen LogP) is 8.42. The van der Waals surface area contributed by atoms with E-state index < -0.39 is 26.5 Å². The Hall–Kier alpha value is -5.45. The molecule has 62 heavy (non-hydrogen) atoms. The van der Waals surface area contributed by atoms with Gasteiger partial charge in [-0.2, -0.15) is 0 Å². The molecule has 0 radical (unpaired) electrons. The molecule has 2 saturated heterocycles. The summed E-state index contributed by atoms with van der Waals surface area (Å²) in [6.07, 6.45) is 2.32. The molecule has 0 saturated carbocycles. The van der Waals surface area contributed by atoms with E-state index in [-0.39, 0.29) is 22.2 Å². The van der Waals surface area contributed by atoms with Gasteiger partial charge >= 0.3 is 0 Å². The van der Waals surface area contributed by atoms with Crippen LogP contribution >= 0.6 is 23.4 Å². The van der Waals surface area contributed by atoms with E-state index in [1.807, 2.05) is 72.8 Å². The van der Waals surface area contributed by atoms with E-state index in [1.165, 1.54) is 23.3 Å². The third-order valence-electron chi connectivity index (χ3n) is 11.1. The van der Waals surface area contributed by atoms with Gasteiger partial charge in [-0.3, -0.25) is 19.8 Å². The van der Waals surface area contributed by atoms with Crippen LogP contribution in [0.2, 0.25) is 5.02 Å². The summed E-state index contributed by atoms with van der Waals surface area (Å²) < 4.78 is 29.1. The minimum absolute atomic E-state index is 0.150. The highest BCUT2D eigenvalue weighted by Gasteiger charge is 2.26. The molecule has 1 atom stereocenters. The minimum atomic E-state index is -4.46. The van der Waals surface area contributed by atoms with Crippen LogP contribution in [0.4, 0.5) is 17.1 Å². The zero-order valence-electron chi connectivity index (χ0n) is 34.5. The zero-order valence-corrected chi connectivity index (χ0v) is 36.9. The first-order valence-electron chi connectivity index (χ1n) is 20.6. The maximum Gasteiger partial charge on any atom is 0.293 e. The lowest BCUT2D eigenvalue weighted by atomic mass is 9.99. The monoisotopic (exact) mass is 895 g/mol. The van der Waals surface area contributed by atoms with Gasteiger partial charge < -0.3 is 20.0 Å². The number of nitro benzene ring substituents is 1. The van der Waals surface area contributed by atoms with Crippen LogP contribution in [0.5, 0.6) is 0 Å². The number of carbonyl (C=O) groups excluding carboxylic acids is 1. The maximum atomic E-state index is 13.5. The van der Waals surface area contributed by atoms with Crippen LogP contribution in [0.15, 0.2) is 136 Å². The van der Waals surface area contributed by atoms with Gasteiger partial charge in [-0.25, -0.2) is 13.1 Å². The van der Waals surface area contributed by atoms with Crippen molar-refractivity contribution in [3.8, 4) is 11.1 Å². The van der Waals surface area contributed by atoms with Crippen molar-refractivity contribution in [2.24, 2.45) is 5.16 Å². The molecule has 5 aromatic carbocycles. The maximum absolute atomic E-state index is 13.5. The molecular formula is C46H50ClN7O6S2. The molecule has 13 nitrogen and oxygen atoms in total. The highest BCUT2D eigenvalue weighted by Crippen LogP contribution is 2.31. The van der Waals surface area contributed by atoms with Crippen LogP contribution in [0.1, 0.15) is 35.2 Å². The number of amides is 1. The highest BCUT2D eigenvalue weighted by atomic mass is 35.5. The largest absolute Gasteiger partial charge is 0.399 e. The van der Waals surface area contributed by atoms with Crippen LogP contribution in [0.25, 0.3) is 11.1 Å². The molecule has 0 aromatic heterocycles. The van der Waals surface area contributed by atoms with Crippen LogP contribution in [-0.4, -0.2) is 99.5 Å². The molecule has 324 valence electrons. The van der Waals surface area contributed by atoms with Gasteiger partial charge in [-0.15, -0.1) is 11.8 Å². The highest BCUT2D eigenvalue weighted by molar-refractivity contribution is 7.99. The van der Waals surface area contributed by atoms with Crippen molar-refractivity contribution in [1.29, 1.82) is 0 Å². The van der Waals surface area contributed by atoms with Crippen molar-refractivity contribution in [3.05, 3.63) is 148 Å². The molecule has 5 aromatic rings. The number of anilines is 2. The first-order valence-corrected chi connectivity index (χ1v) is 23.4. The molecule has 0 bridgehead atoms. The zero-order chi connectivity index (χ0) is 43.5. The number of rotatable bonds is 17. The number of piperazine rings is 1. The summed E-state index contributed by atoms with van der Waals surface area (Å²) in [5, 5.41) is 20.5. The number of oxime groups is 1. The Morgan fingerprint density at radius 2 is 1.56 bits per heavy atom. The van der Waals surface area contributed by atoms with E-state index >= 15 is 0 Å². The molecule has 2 heterocycles. The van der Waals surface area contributed by atoms with E-state index in [4.69, 9.17) is 16.4 Å². The predicted molar refractivity (Wildman–Crippen MR) is 248 cm³/mol.